The second-order valence-corrected chi connectivity index (χ2v) is 17.8. The molecule has 3 heterocycles. The zero-order chi connectivity index (χ0) is 39.4. The fourth-order valence-corrected chi connectivity index (χ4v) is 9.61. The smallest absolute Gasteiger partial charge is 0.263 e. The summed E-state index contributed by atoms with van der Waals surface area (Å²) < 4.78 is 32.6. The second kappa shape index (κ2) is 17.3. The topological polar surface area (TPSA) is 99.5 Å². The standard InChI is InChI=1S/C44H45ClN8O2S2/c1-50(2)21-20-36(29-56-37-9-4-3-5-10-37)53-31-48-42-27-38(17-19-43(42)53)57(54,55)49-44-40-18-16-35(26-41(40)46-30-47-44)52-24-22-51(23-25-52)28-33-8-6-7-11-39(33)32-12-14-34(45)15-13-32/h3-19,26-27,30-31,36H,20-25,28-29H2,1-2H3,(H,46,47,49). The highest BCUT2D eigenvalue weighted by Crippen LogP contribution is 2.32. The van der Waals surface area contributed by atoms with Gasteiger partial charge >= 0.3 is 0 Å². The van der Waals surface area contributed by atoms with E-state index in [1.807, 2.05) is 60.6 Å². The number of halogens is 1. The van der Waals surface area contributed by atoms with Crippen LogP contribution in [0.2, 0.25) is 5.02 Å². The largest absolute Gasteiger partial charge is 0.369 e. The number of nitrogens with zero attached hydrogens (tertiary/aromatic N) is 7. The average Bonchev–Trinajstić information content (AvgIpc) is 3.65. The van der Waals surface area contributed by atoms with Gasteiger partial charge in [0, 0.05) is 65.5 Å². The third-order valence-corrected chi connectivity index (χ3v) is 13.2. The van der Waals surface area contributed by atoms with Gasteiger partial charge in [-0.15, -0.1) is 11.8 Å². The van der Waals surface area contributed by atoms with Crippen molar-refractivity contribution < 1.29 is 8.42 Å². The lowest BCUT2D eigenvalue weighted by Gasteiger charge is -2.36. The van der Waals surface area contributed by atoms with Crippen molar-refractivity contribution in [1.82, 2.24) is 29.3 Å². The van der Waals surface area contributed by atoms with Crippen molar-refractivity contribution in [3.8, 4) is 11.1 Å². The van der Waals surface area contributed by atoms with Gasteiger partial charge < -0.3 is 14.4 Å². The maximum absolute atomic E-state index is 13.8. The molecule has 0 radical (unpaired) electrons. The highest BCUT2D eigenvalue weighted by Gasteiger charge is 2.23. The Kier molecular flexibility index (Phi) is 11.8. The third kappa shape index (κ3) is 9.11. The molecule has 2 aromatic heterocycles. The van der Waals surface area contributed by atoms with Crippen molar-refractivity contribution in [2.24, 2.45) is 0 Å². The van der Waals surface area contributed by atoms with Gasteiger partial charge in [0.2, 0.25) is 0 Å². The molecule has 5 aromatic carbocycles. The number of sulfonamides is 1. The van der Waals surface area contributed by atoms with Crippen LogP contribution in [0.4, 0.5) is 11.5 Å². The summed E-state index contributed by atoms with van der Waals surface area (Å²) in [6.45, 7) is 5.32. The molecule has 7 aromatic rings. The maximum Gasteiger partial charge on any atom is 0.263 e. The van der Waals surface area contributed by atoms with Crippen LogP contribution in [0.15, 0.2) is 138 Å². The first-order valence-corrected chi connectivity index (χ1v) is 21.9. The van der Waals surface area contributed by atoms with Crippen LogP contribution in [0.5, 0.6) is 0 Å². The second-order valence-electron chi connectivity index (χ2n) is 14.6. The van der Waals surface area contributed by atoms with Gasteiger partial charge in [-0.05, 0) is 104 Å². The molecule has 1 fully saturated rings. The first-order chi connectivity index (χ1) is 27.7. The molecule has 10 nitrogen and oxygen atoms in total. The first-order valence-electron chi connectivity index (χ1n) is 19.1. The number of benzene rings is 5. The Balaban J connectivity index is 0.942. The van der Waals surface area contributed by atoms with Crippen molar-refractivity contribution in [1.29, 1.82) is 0 Å². The highest BCUT2D eigenvalue weighted by molar-refractivity contribution is 7.99. The number of piperazine rings is 1. The predicted molar refractivity (Wildman–Crippen MR) is 234 cm³/mol. The van der Waals surface area contributed by atoms with E-state index < -0.39 is 10.0 Å². The summed E-state index contributed by atoms with van der Waals surface area (Å²) in [5.41, 5.74) is 6.92. The molecule has 1 unspecified atom stereocenters. The van der Waals surface area contributed by atoms with Gasteiger partial charge in [-0.2, -0.15) is 0 Å². The molecule has 0 amide bonds. The van der Waals surface area contributed by atoms with Crippen LogP contribution < -0.4 is 9.62 Å². The Labute approximate surface area is 343 Å². The van der Waals surface area contributed by atoms with Crippen LogP contribution in [0.1, 0.15) is 18.0 Å². The number of rotatable bonds is 14. The molecule has 292 valence electrons. The number of hydrogen-bond donors (Lipinski definition) is 1. The molecule has 0 aliphatic carbocycles. The highest BCUT2D eigenvalue weighted by atomic mass is 35.5. The van der Waals surface area contributed by atoms with E-state index in [0.29, 0.717) is 16.4 Å². The van der Waals surface area contributed by atoms with Crippen molar-refractivity contribution in [3.63, 3.8) is 0 Å². The van der Waals surface area contributed by atoms with E-state index in [2.05, 4.69) is 114 Å². The molecule has 0 saturated carbocycles. The molecule has 0 spiro atoms. The summed E-state index contributed by atoms with van der Waals surface area (Å²) in [6, 6.07) is 38.2. The van der Waals surface area contributed by atoms with Crippen molar-refractivity contribution >= 4 is 66.8 Å². The Hall–Kier alpha value is -4.98. The number of fused-ring (bicyclic) bond motifs is 2. The Morgan fingerprint density at radius 3 is 2.39 bits per heavy atom. The van der Waals surface area contributed by atoms with Crippen molar-refractivity contribution in [3.05, 3.63) is 139 Å². The molecular formula is C44H45ClN8O2S2. The van der Waals surface area contributed by atoms with Gasteiger partial charge in [0.25, 0.3) is 10.0 Å². The molecule has 1 aliphatic heterocycles. The van der Waals surface area contributed by atoms with E-state index >= 15 is 0 Å². The van der Waals surface area contributed by atoms with Gasteiger partial charge in [-0.1, -0.05) is 66.2 Å². The minimum atomic E-state index is -3.98. The zero-order valence-electron chi connectivity index (χ0n) is 32.0. The van der Waals surface area contributed by atoms with Gasteiger partial charge in [-0.3, -0.25) is 9.62 Å². The maximum atomic E-state index is 13.8. The first kappa shape index (κ1) is 38.9. The number of anilines is 2. The molecule has 57 heavy (non-hydrogen) atoms. The van der Waals surface area contributed by atoms with Gasteiger partial charge in [-0.25, -0.2) is 23.4 Å². The summed E-state index contributed by atoms with van der Waals surface area (Å²) in [6.07, 6.45) is 4.17. The normalized spacial score (nSPS) is 14.4. The number of nitrogens with one attached hydrogen (secondary N) is 1. The number of imidazole rings is 1. The molecule has 1 aliphatic rings. The summed E-state index contributed by atoms with van der Waals surface area (Å²) in [5.74, 6) is 1.10. The van der Waals surface area contributed by atoms with Crippen LogP contribution in [-0.4, -0.2) is 90.3 Å². The lowest BCUT2D eigenvalue weighted by Crippen LogP contribution is -2.46. The van der Waals surface area contributed by atoms with Crippen molar-refractivity contribution in [2.75, 3.05) is 62.2 Å². The van der Waals surface area contributed by atoms with E-state index in [-0.39, 0.29) is 16.8 Å². The van der Waals surface area contributed by atoms with Gasteiger partial charge in [0.1, 0.15) is 6.33 Å². The zero-order valence-corrected chi connectivity index (χ0v) is 34.4. The molecule has 0 bridgehead atoms. The summed E-state index contributed by atoms with van der Waals surface area (Å²) >= 11 is 7.97. The quantitative estimate of drug-likeness (QED) is 0.108. The molecule has 1 N–H and O–H groups in total. The third-order valence-electron chi connectivity index (χ3n) is 10.5. The fourth-order valence-electron chi connectivity index (χ4n) is 7.37. The Bertz CT molecular complexity index is 2580. The molecule has 1 saturated heterocycles. The van der Waals surface area contributed by atoms with Crippen molar-refractivity contribution in [2.45, 2.75) is 28.8 Å². The van der Waals surface area contributed by atoms with E-state index in [4.69, 9.17) is 11.6 Å². The van der Waals surface area contributed by atoms with Crippen LogP contribution in [0.25, 0.3) is 33.1 Å². The summed E-state index contributed by atoms with van der Waals surface area (Å²) in [7, 11) is 0.167. The number of thioether (sulfide) groups is 1. The minimum Gasteiger partial charge on any atom is -0.369 e. The van der Waals surface area contributed by atoms with Crippen LogP contribution >= 0.6 is 23.4 Å². The predicted octanol–water partition coefficient (Wildman–Crippen LogP) is 8.71. The minimum absolute atomic E-state index is 0.126. The monoisotopic (exact) mass is 816 g/mol. The van der Waals surface area contributed by atoms with Gasteiger partial charge in [0.05, 0.1) is 27.8 Å². The SMILES string of the molecule is CN(C)CCC(CSc1ccccc1)n1cnc2cc(S(=O)(=O)Nc3ncnc4cc(N5CCN(Cc6ccccc6-c6ccc(Cl)cc6)CC5)ccc34)ccc21. The van der Waals surface area contributed by atoms with Crippen LogP contribution in [0, 0.1) is 0 Å². The van der Waals surface area contributed by atoms with Crippen LogP contribution in [0.3, 0.4) is 0 Å². The Morgan fingerprint density at radius 2 is 1.60 bits per heavy atom. The number of hydrogen-bond acceptors (Lipinski definition) is 9. The lowest BCUT2D eigenvalue weighted by molar-refractivity contribution is 0.250. The molecule has 1 atom stereocenters. The summed E-state index contributed by atoms with van der Waals surface area (Å²) in [5, 5.41) is 1.37. The van der Waals surface area contributed by atoms with E-state index in [0.717, 1.165) is 73.2 Å². The molecule has 13 heteroatoms. The fraction of sp³-hybridized carbons (Fsp3) is 0.250. The number of aromatic nitrogens is 4. The molecular weight excluding hydrogens is 772 g/mol. The average molecular weight is 817 g/mol. The Morgan fingerprint density at radius 1 is 0.825 bits per heavy atom. The lowest BCUT2D eigenvalue weighted by atomic mass is 9.99. The van der Waals surface area contributed by atoms with Gasteiger partial charge in [0.15, 0.2) is 5.82 Å². The molecule has 8 rings (SSSR count). The van der Waals surface area contributed by atoms with E-state index in [1.54, 1.807) is 12.1 Å². The summed E-state index contributed by atoms with van der Waals surface area (Å²) in [4.78, 5) is 21.9. The van der Waals surface area contributed by atoms with Crippen LogP contribution in [-0.2, 0) is 16.6 Å². The van der Waals surface area contributed by atoms with E-state index in [1.165, 1.54) is 22.3 Å². The van der Waals surface area contributed by atoms with E-state index in [9.17, 15) is 8.42 Å².